The smallest absolute Gasteiger partial charge is 0.122 e. The van der Waals surface area contributed by atoms with Gasteiger partial charge < -0.3 is 9.84 Å². The van der Waals surface area contributed by atoms with E-state index in [1.165, 1.54) is 0 Å². The van der Waals surface area contributed by atoms with Crippen LogP contribution in [0.4, 0.5) is 0 Å². The lowest BCUT2D eigenvalue weighted by atomic mass is 9.84. The summed E-state index contributed by atoms with van der Waals surface area (Å²) >= 11 is 3.43. The van der Waals surface area contributed by atoms with E-state index in [9.17, 15) is 5.11 Å². The fourth-order valence-electron chi connectivity index (χ4n) is 1.51. The van der Waals surface area contributed by atoms with E-state index in [0.29, 0.717) is 6.42 Å². The summed E-state index contributed by atoms with van der Waals surface area (Å²) in [5.74, 6) is 0.838. The molecule has 0 aliphatic heterocycles. The molecular formula is C13H17BrO2. The van der Waals surface area contributed by atoms with Crippen LogP contribution in [-0.2, 0) is 6.42 Å². The molecule has 0 spiro atoms. The monoisotopic (exact) mass is 284 g/mol. The first-order chi connectivity index (χ1) is 7.54. The highest BCUT2D eigenvalue weighted by Crippen LogP contribution is 2.30. The summed E-state index contributed by atoms with van der Waals surface area (Å²) < 4.78 is 6.31. The molecule has 0 bridgehead atoms. The normalized spacial score (nSPS) is 14.2. The maximum atomic E-state index is 9.36. The van der Waals surface area contributed by atoms with Crippen LogP contribution >= 0.6 is 15.9 Å². The molecule has 1 atom stereocenters. The molecule has 1 unspecified atom stereocenters. The van der Waals surface area contributed by atoms with E-state index in [1.807, 2.05) is 25.1 Å². The van der Waals surface area contributed by atoms with Gasteiger partial charge in [0.1, 0.15) is 5.75 Å². The molecule has 1 aromatic rings. The molecule has 0 aromatic heterocycles. The van der Waals surface area contributed by atoms with Crippen LogP contribution in [0.2, 0.25) is 0 Å². The van der Waals surface area contributed by atoms with Crippen molar-refractivity contribution in [2.75, 3.05) is 13.7 Å². The van der Waals surface area contributed by atoms with Gasteiger partial charge in [-0.3, -0.25) is 0 Å². The first kappa shape index (κ1) is 13.3. The Morgan fingerprint density at radius 2 is 2.25 bits per heavy atom. The van der Waals surface area contributed by atoms with E-state index in [0.717, 1.165) is 15.8 Å². The zero-order chi connectivity index (χ0) is 12.2. The van der Waals surface area contributed by atoms with Gasteiger partial charge in [-0.05, 0) is 30.2 Å². The van der Waals surface area contributed by atoms with Gasteiger partial charge in [0.2, 0.25) is 0 Å². The Morgan fingerprint density at radius 1 is 1.56 bits per heavy atom. The number of aliphatic hydroxyl groups is 1. The summed E-state index contributed by atoms with van der Waals surface area (Å²) in [7, 11) is 1.65. The predicted molar refractivity (Wildman–Crippen MR) is 69.8 cm³/mol. The minimum atomic E-state index is -0.311. The summed E-state index contributed by atoms with van der Waals surface area (Å²) in [6, 6.07) is 5.86. The number of halogens is 1. The van der Waals surface area contributed by atoms with Crippen molar-refractivity contribution in [2.24, 2.45) is 5.41 Å². The molecule has 3 heteroatoms. The fourth-order valence-corrected chi connectivity index (χ4v) is 1.92. The van der Waals surface area contributed by atoms with Crippen LogP contribution in [0.5, 0.6) is 5.75 Å². The van der Waals surface area contributed by atoms with Crippen LogP contribution in [0, 0.1) is 5.41 Å². The van der Waals surface area contributed by atoms with Gasteiger partial charge >= 0.3 is 0 Å². The molecule has 0 aliphatic rings. The number of ether oxygens (including phenoxy) is 1. The number of rotatable bonds is 5. The van der Waals surface area contributed by atoms with Crippen molar-refractivity contribution >= 4 is 15.9 Å². The Labute approximate surface area is 105 Å². The van der Waals surface area contributed by atoms with Crippen molar-refractivity contribution < 1.29 is 9.84 Å². The number of aliphatic hydroxyl groups excluding tert-OH is 1. The molecule has 1 N–H and O–H groups in total. The lowest BCUT2D eigenvalue weighted by Crippen LogP contribution is -2.21. The minimum Gasteiger partial charge on any atom is -0.496 e. The predicted octanol–water partition coefficient (Wildman–Crippen LogP) is 3.18. The van der Waals surface area contributed by atoms with E-state index in [-0.39, 0.29) is 12.0 Å². The Kier molecular flexibility index (Phi) is 4.56. The zero-order valence-electron chi connectivity index (χ0n) is 9.66. The van der Waals surface area contributed by atoms with Gasteiger partial charge in [0.05, 0.1) is 13.7 Å². The molecule has 1 rings (SSSR count). The summed E-state index contributed by atoms with van der Waals surface area (Å²) in [6.45, 7) is 5.81. The Hall–Kier alpha value is -0.800. The van der Waals surface area contributed by atoms with E-state index in [1.54, 1.807) is 13.2 Å². The van der Waals surface area contributed by atoms with Crippen molar-refractivity contribution in [2.45, 2.75) is 13.3 Å². The van der Waals surface area contributed by atoms with Crippen LogP contribution in [0.3, 0.4) is 0 Å². The summed E-state index contributed by atoms with van der Waals surface area (Å²) in [4.78, 5) is 0. The van der Waals surface area contributed by atoms with Gasteiger partial charge in [0.25, 0.3) is 0 Å². The molecule has 0 heterocycles. The summed E-state index contributed by atoms with van der Waals surface area (Å²) in [5, 5.41) is 9.36. The number of methoxy groups -OCH3 is 1. The van der Waals surface area contributed by atoms with Crippen molar-refractivity contribution in [3.8, 4) is 5.75 Å². The average Bonchev–Trinajstić information content (AvgIpc) is 2.29. The van der Waals surface area contributed by atoms with Gasteiger partial charge in [0.15, 0.2) is 0 Å². The van der Waals surface area contributed by atoms with Crippen molar-refractivity contribution in [3.05, 3.63) is 40.9 Å². The maximum absolute atomic E-state index is 9.36. The maximum Gasteiger partial charge on any atom is 0.122 e. The molecule has 2 nitrogen and oxygen atoms in total. The van der Waals surface area contributed by atoms with Gasteiger partial charge in [-0.15, -0.1) is 6.58 Å². The second-order valence-electron chi connectivity index (χ2n) is 4.15. The van der Waals surface area contributed by atoms with Gasteiger partial charge in [-0.25, -0.2) is 0 Å². The number of benzene rings is 1. The largest absolute Gasteiger partial charge is 0.496 e. The van der Waals surface area contributed by atoms with Gasteiger partial charge in [0, 0.05) is 9.89 Å². The van der Waals surface area contributed by atoms with Crippen molar-refractivity contribution in [1.29, 1.82) is 0 Å². The quantitative estimate of drug-likeness (QED) is 0.842. The third-order valence-corrected chi connectivity index (χ3v) is 3.18. The fraction of sp³-hybridized carbons (Fsp3) is 0.385. The first-order valence-corrected chi connectivity index (χ1v) is 5.91. The lowest BCUT2D eigenvalue weighted by molar-refractivity contribution is 0.183. The average molecular weight is 285 g/mol. The Bertz CT molecular complexity index is 376. The standard InChI is InChI=1S/C13H17BrO2/c1-4-13(2,9-15)8-10-7-11(14)5-6-12(10)16-3/h4-7,15H,1,8-9H2,2-3H3. The van der Waals surface area contributed by atoms with E-state index in [2.05, 4.69) is 22.5 Å². The minimum absolute atomic E-state index is 0.0756. The third-order valence-electron chi connectivity index (χ3n) is 2.69. The Balaban J connectivity index is 3.03. The highest BCUT2D eigenvalue weighted by molar-refractivity contribution is 9.10. The van der Waals surface area contributed by atoms with Gasteiger partial charge in [-0.2, -0.15) is 0 Å². The molecular weight excluding hydrogens is 268 g/mol. The van der Waals surface area contributed by atoms with Crippen LogP contribution in [-0.4, -0.2) is 18.8 Å². The third kappa shape index (κ3) is 3.09. The molecule has 0 saturated heterocycles. The summed E-state index contributed by atoms with van der Waals surface area (Å²) in [6.07, 6.45) is 2.49. The van der Waals surface area contributed by atoms with E-state index in [4.69, 9.17) is 4.74 Å². The number of hydrogen-bond donors (Lipinski definition) is 1. The molecule has 0 amide bonds. The molecule has 16 heavy (non-hydrogen) atoms. The molecule has 88 valence electrons. The highest BCUT2D eigenvalue weighted by atomic mass is 79.9. The SMILES string of the molecule is C=CC(C)(CO)Cc1cc(Br)ccc1OC. The van der Waals surface area contributed by atoms with Crippen LogP contribution in [0.1, 0.15) is 12.5 Å². The summed E-state index contributed by atoms with van der Waals surface area (Å²) in [5.41, 5.74) is 0.752. The molecule has 0 fully saturated rings. The molecule has 1 aromatic carbocycles. The second kappa shape index (κ2) is 5.51. The van der Waals surface area contributed by atoms with Crippen molar-refractivity contribution in [1.82, 2.24) is 0 Å². The molecule has 0 saturated carbocycles. The van der Waals surface area contributed by atoms with E-state index >= 15 is 0 Å². The van der Waals surface area contributed by atoms with Crippen LogP contribution in [0.15, 0.2) is 35.3 Å². The molecule has 0 aliphatic carbocycles. The first-order valence-electron chi connectivity index (χ1n) is 5.11. The Morgan fingerprint density at radius 3 is 2.75 bits per heavy atom. The van der Waals surface area contributed by atoms with Gasteiger partial charge in [-0.1, -0.05) is 28.9 Å². The molecule has 0 radical (unpaired) electrons. The zero-order valence-corrected chi connectivity index (χ0v) is 11.3. The lowest BCUT2D eigenvalue weighted by Gasteiger charge is -2.24. The van der Waals surface area contributed by atoms with E-state index < -0.39 is 0 Å². The number of hydrogen-bond acceptors (Lipinski definition) is 2. The van der Waals surface area contributed by atoms with Crippen molar-refractivity contribution in [3.63, 3.8) is 0 Å². The highest BCUT2D eigenvalue weighted by Gasteiger charge is 2.21. The topological polar surface area (TPSA) is 29.5 Å². The van der Waals surface area contributed by atoms with Crippen LogP contribution in [0.25, 0.3) is 0 Å². The second-order valence-corrected chi connectivity index (χ2v) is 5.06. The van der Waals surface area contributed by atoms with Crippen LogP contribution < -0.4 is 4.74 Å².